The average molecular weight is 530 g/mol. The second-order valence-electron chi connectivity index (χ2n) is 10.7. The molecule has 6 rings (SSSR count). The molecule has 2 saturated heterocycles. The van der Waals surface area contributed by atoms with Gasteiger partial charge in [-0.15, -0.1) is 0 Å². The van der Waals surface area contributed by atoms with E-state index in [2.05, 4.69) is 70.5 Å². The summed E-state index contributed by atoms with van der Waals surface area (Å²) in [6.45, 7) is 9.23. The first-order valence-electron chi connectivity index (χ1n) is 13.6. The maximum Gasteiger partial charge on any atom is 0.354 e. The standard InChI is InChI=1S/C30H35N5O4/c1-19(2)28-27-25(20-7-9-21(10-8-20)33-11-13-39-14-12-33)16-26(30(36)37)31-29(27)35(32-28)23-6-4-5-22(15-23)34-17-24(18-34)38-3/h4-10,15-16,19,24,28,32H,11-14,17-18H2,1-3H3,(H,36,37). The molecule has 1 atom stereocenters. The summed E-state index contributed by atoms with van der Waals surface area (Å²) in [4.78, 5) is 21.5. The molecule has 3 aliphatic heterocycles. The number of hydrazine groups is 1. The first kappa shape index (κ1) is 25.6. The normalized spacial score (nSPS) is 19.4. The minimum absolute atomic E-state index is 0.0269. The summed E-state index contributed by atoms with van der Waals surface area (Å²) in [6.07, 6.45) is 0.251. The number of carbonyl (C=O) groups is 1. The van der Waals surface area contributed by atoms with Crippen molar-refractivity contribution in [3.8, 4) is 11.1 Å². The van der Waals surface area contributed by atoms with Gasteiger partial charge in [-0.2, -0.15) is 0 Å². The van der Waals surface area contributed by atoms with Crippen LogP contribution in [-0.4, -0.2) is 68.7 Å². The van der Waals surface area contributed by atoms with Gasteiger partial charge in [-0.1, -0.05) is 32.0 Å². The average Bonchev–Trinajstić information content (AvgIpc) is 3.33. The minimum Gasteiger partial charge on any atom is -0.477 e. The lowest BCUT2D eigenvalue weighted by Gasteiger charge is -2.40. The Morgan fingerprint density at radius 1 is 1.03 bits per heavy atom. The van der Waals surface area contributed by atoms with E-state index >= 15 is 0 Å². The molecule has 2 aromatic carbocycles. The Hall–Kier alpha value is -3.66. The van der Waals surface area contributed by atoms with Gasteiger partial charge in [-0.05, 0) is 53.4 Å². The summed E-state index contributed by atoms with van der Waals surface area (Å²) in [5.74, 6) is -0.160. The van der Waals surface area contributed by atoms with Crippen LogP contribution in [-0.2, 0) is 9.47 Å². The molecule has 1 unspecified atom stereocenters. The van der Waals surface area contributed by atoms with E-state index in [1.807, 2.05) is 17.1 Å². The van der Waals surface area contributed by atoms with Crippen LogP contribution in [0.25, 0.3) is 11.1 Å². The summed E-state index contributed by atoms with van der Waals surface area (Å²) in [7, 11) is 1.75. The van der Waals surface area contributed by atoms with Gasteiger partial charge in [0.05, 0.1) is 31.0 Å². The van der Waals surface area contributed by atoms with E-state index < -0.39 is 5.97 Å². The Kier molecular flexibility index (Phi) is 6.88. The number of ether oxygens (including phenoxy) is 2. The predicted molar refractivity (Wildman–Crippen MR) is 152 cm³/mol. The van der Waals surface area contributed by atoms with Crippen LogP contribution in [0.1, 0.15) is 35.9 Å². The first-order valence-corrected chi connectivity index (χ1v) is 13.6. The Morgan fingerprint density at radius 3 is 2.41 bits per heavy atom. The second-order valence-corrected chi connectivity index (χ2v) is 10.7. The number of hydrogen-bond donors (Lipinski definition) is 2. The van der Waals surface area contributed by atoms with Crippen molar-refractivity contribution in [2.75, 3.05) is 61.3 Å². The zero-order valence-electron chi connectivity index (χ0n) is 22.6. The summed E-state index contributed by atoms with van der Waals surface area (Å²) in [5.41, 5.74) is 9.72. The van der Waals surface area contributed by atoms with Gasteiger partial charge in [0, 0.05) is 50.2 Å². The van der Waals surface area contributed by atoms with Gasteiger partial charge < -0.3 is 24.4 Å². The molecular weight excluding hydrogens is 494 g/mol. The number of aromatic nitrogens is 1. The third-order valence-electron chi connectivity index (χ3n) is 7.90. The van der Waals surface area contributed by atoms with E-state index in [-0.39, 0.29) is 23.8 Å². The van der Waals surface area contributed by atoms with E-state index in [1.54, 1.807) is 13.2 Å². The van der Waals surface area contributed by atoms with Crippen molar-refractivity contribution in [3.05, 3.63) is 65.9 Å². The summed E-state index contributed by atoms with van der Waals surface area (Å²) < 4.78 is 10.9. The van der Waals surface area contributed by atoms with E-state index in [1.165, 1.54) is 0 Å². The SMILES string of the molecule is COC1CN(c2cccc(N3NC(C(C)C)c4c(-c5ccc(N6CCOCC6)cc5)cc(C(=O)O)nc43)c2)C1. The number of anilines is 4. The summed E-state index contributed by atoms with van der Waals surface area (Å²) in [6, 6.07) is 18.4. The maximum absolute atomic E-state index is 12.2. The monoisotopic (exact) mass is 529 g/mol. The lowest BCUT2D eigenvalue weighted by atomic mass is 9.90. The number of methoxy groups -OCH3 is 1. The highest BCUT2D eigenvalue weighted by atomic mass is 16.5. The largest absolute Gasteiger partial charge is 0.477 e. The van der Waals surface area contributed by atoms with Crippen molar-refractivity contribution in [1.29, 1.82) is 0 Å². The van der Waals surface area contributed by atoms with Crippen LogP contribution >= 0.6 is 0 Å². The van der Waals surface area contributed by atoms with Crippen molar-refractivity contribution in [2.45, 2.75) is 26.0 Å². The fourth-order valence-electron chi connectivity index (χ4n) is 5.61. The number of carboxylic acids is 1. The topological polar surface area (TPSA) is 90.4 Å². The van der Waals surface area contributed by atoms with Gasteiger partial charge in [0.2, 0.25) is 0 Å². The number of carboxylic acid groups (broad SMARTS) is 1. The van der Waals surface area contributed by atoms with Crippen molar-refractivity contribution in [1.82, 2.24) is 10.4 Å². The second kappa shape index (κ2) is 10.5. The molecule has 0 aliphatic carbocycles. The molecule has 9 heteroatoms. The number of rotatable bonds is 7. The lowest BCUT2D eigenvalue weighted by Crippen LogP contribution is -2.51. The zero-order chi connectivity index (χ0) is 27.1. The Balaban J connectivity index is 1.41. The third kappa shape index (κ3) is 4.82. The highest BCUT2D eigenvalue weighted by Gasteiger charge is 2.37. The Labute approximate surface area is 228 Å². The van der Waals surface area contributed by atoms with Gasteiger partial charge >= 0.3 is 5.97 Å². The molecule has 204 valence electrons. The van der Waals surface area contributed by atoms with Crippen LogP contribution in [0.2, 0.25) is 0 Å². The van der Waals surface area contributed by atoms with Gasteiger partial charge in [-0.25, -0.2) is 15.2 Å². The summed E-state index contributed by atoms with van der Waals surface area (Å²) in [5, 5.41) is 12.0. The number of fused-ring (bicyclic) bond motifs is 1. The molecule has 39 heavy (non-hydrogen) atoms. The van der Waals surface area contributed by atoms with E-state index in [0.717, 1.165) is 73.1 Å². The number of hydrogen-bond acceptors (Lipinski definition) is 8. The number of nitrogens with one attached hydrogen (secondary N) is 1. The van der Waals surface area contributed by atoms with Crippen LogP contribution in [0, 0.1) is 5.92 Å². The lowest BCUT2D eigenvalue weighted by molar-refractivity contribution is 0.0690. The molecule has 0 saturated carbocycles. The Bertz CT molecular complexity index is 1350. The molecule has 1 aromatic heterocycles. The highest BCUT2D eigenvalue weighted by molar-refractivity contribution is 5.91. The van der Waals surface area contributed by atoms with Crippen molar-refractivity contribution >= 4 is 28.8 Å². The van der Waals surface area contributed by atoms with Crippen LogP contribution < -0.4 is 20.2 Å². The fraction of sp³-hybridized carbons (Fsp3) is 0.400. The number of nitrogens with zero attached hydrogens (tertiary/aromatic N) is 4. The smallest absolute Gasteiger partial charge is 0.354 e. The number of benzene rings is 2. The van der Waals surface area contributed by atoms with E-state index in [4.69, 9.17) is 9.47 Å². The fourth-order valence-corrected chi connectivity index (χ4v) is 5.61. The highest BCUT2D eigenvalue weighted by Crippen LogP contribution is 2.45. The molecule has 2 fully saturated rings. The molecule has 0 spiro atoms. The molecule has 0 amide bonds. The van der Waals surface area contributed by atoms with E-state index in [9.17, 15) is 9.90 Å². The van der Waals surface area contributed by atoms with Crippen LogP contribution in [0.4, 0.5) is 22.9 Å². The van der Waals surface area contributed by atoms with Crippen molar-refractivity contribution in [2.24, 2.45) is 5.92 Å². The molecule has 0 bridgehead atoms. The molecule has 0 radical (unpaired) electrons. The number of aromatic carboxylic acids is 1. The first-order chi connectivity index (χ1) is 18.9. The molecule has 3 aromatic rings. The van der Waals surface area contributed by atoms with Crippen LogP contribution in [0.3, 0.4) is 0 Å². The Morgan fingerprint density at radius 2 is 1.74 bits per heavy atom. The molecule has 4 heterocycles. The molecular formula is C30H35N5O4. The van der Waals surface area contributed by atoms with Gasteiger partial charge in [-0.3, -0.25) is 5.01 Å². The van der Waals surface area contributed by atoms with E-state index in [0.29, 0.717) is 5.82 Å². The zero-order valence-corrected chi connectivity index (χ0v) is 22.6. The molecule has 9 nitrogen and oxygen atoms in total. The van der Waals surface area contributed by atoms with Gasteiger partial charge in [0.25, 0.3) is 0 Å². The number of pyridine rings is 1. The minimum atomic E-state index is -1.04. The number of morpholine rings is 1. The quantitative estimate of drug-likeness (QED) is 0.460. The predicted octanol–water partition coefficient (Wildman–Crippen LogP) is 4.47. The van der Waals surface area contributed by atoms with Crippen LogP contribution in [0.5, 0.6) is 0 Å². The van der Waals surface area contributed by atoms with Crippen LogP contribution in [0.15, 0.2) is 54.6 Å². The molecule has 2 N–H and O–H groups in total. The summed E-state index contributed by atoms with van der Waals surface area (Å²) >= 11 is 0. The van der Waals surface area contributed by atoms with Crippen molar-refractivity contribution in [3.63, 3.8) is 0 Å². The van der Waals surface area contributed by atoms with Crippen molar-refractivity contribution < 1.29 is 19.4 Å². The maximum atomic E-state index is 12.2. The third-order valence-corrected chi connectivity index (χ3v) is 7.90. The molecule has 3 aliphatic rings. The van der Waals surface area contributed by atoms with Gasteiger partial charge in [0.1, 0.15) is 0 Å². The van der Waals surface area contributed by atoms with Gasteiger partial charge in [0.15, 0.2) is 11.5 Å².